The average molecular weight is 230 g/mol. The Morgan fingerprint density at radius 3 is 3.19 bits per heavy atom. The summed E-state index contributed by atoms with van der Waals surface area (Å²) < 4.78 is 5.76. The zero-order chi connectivity index (χ0) is 11.4. The fourth-order valence-electron chi connectivity index (χ4n) is 2.48. The van der Waals surface area contributed by atoms with Gasteiger partial charge in [0, 0.05) is 25.7 Å². The lowest BCUT2D eigenvalue weighted by molar-refractivity contribution is -0.0479. The first-order chi connectivity index (χ1) is 7.79. The van der Waals surface area contributed by atoms with E-state index in [9.17, 15) is 5.11 Å². The molecule has 5 nitrogen and oxygen atoms in total. The van der Waals surface area contributed by atoms with Crippen LogP contribution in [0, 0.1) is 0 Å². The standard InChI is InChI=1S/C11H22N2O3/c14-7-10(15)4-12-5-11-6-13-3-1-2-9(13)8-16-11/h9-12,14-15H,1-8H2. The molecular weight excluding hydrogens is 208 g/mol. The quantitative estimate of drug-likeness (QED) is 0.553. The molecule has 16 heavy (non-hydrogen) atoms. The van der Waals surface area contributed by atoms with E-state index in [0.717, 1.165) is 19.7 Å². The minimum atomic E-state index is -0.664. The van der Waals surface area contributed by atoms with Gasteiger partial charge in [0.05, 0.1) is 25.4 Å². The van der Waals surface area contributed by atoms with E-state index < -0.39 is 6.10 Å². The summed E-state index contributed by atoms with van der Waals surface area (Å²) in [6.45, 7) is 4.03. The molecule has 0 spiro atoms. The van der Waals surface area contributed by atoms with Crippen molar-refractivity contribution >= 4 is 0 Å². The van der Waals surface area contributed by atoms with Crippen LogP contribution in [0.5, 0.6) is 0 Å². The Hall–Kier alpha value is -0.200. The van der Waals surface area contributed by atoms with Gasteiger partial charge in [-0.25, -0.2) is 0 Å². The molecule has 0 saturated carbocycles. The van der Waals surface area contributed by atoms with Gasteiger partial charge in [-0.05, 0) is 19.4 Å². The number of aliphatic hydroxyl groups is 2. The average Bonchev–Trinajstić information content (AvgIpc) is 2.76. The van der Waals surface area contributed by atoms with Crippen molar-refractivity contribution in [1.82, 2.24) is 10.2 Å². The molecule has 2 heterocycles. The highest BCUT2D eigenvalue weighted by Gasteiger charge is 2.31. The van der Waals surface area contributed by atoms with Crippen LogP contribution in [0.15, 0.2) is 0 Å². The van der Waals surface area contributed by atoms with E-state index in [2.05, 4.69) is 10.2 Å². The second kappa shape index (κ2) is 5.93. The Labute approximate surface area is 96.4 Å². The van der Waals surface area contributed by atoms with E-state index in [1.54, 1.807) is 0 Å². The molecule has 0 aromatic heterocycles. The third kappa shape index (κ3) is 3.15. The molecule has 5 heteroatoms. The molecule has 0 aromatic rings. The smallest absolute Gasteiger partial charge is 0.0894 e. The van der Waals surface area contributed by atoms with Gasteiger partial charge in [-0.15, -0.1) is 0 Å². The molecule has 0 aromatic carbocycles. The van der Waals surface area contributed by atoms with Crippen LogP contribution in [0.25, 0.3) is 0 Å². The number of aliphatic hydroxyl groups excluding tert-OH is 2. The van der Waals surface area contributed by atoms with Gasteiger partial charge in [0.2, 0.25) is 0 Å². The van der Waals surface area contributed by atoms with Gasteiger partial charge in [-0.3, -0.25) is 4.90 Å². The monoisotopic (exact) mass is 230 g/mol. The summed E-state index contributed by atoms with van der Waals surface area (Å²) in [4.78, 5) is 2.50. The maximum Gasteiger partial charge on any atom is 0.0894 e. The van der Waals surface area contributed by atoms with Crippen LogP contribution >= 0.6 is 0 Å². The van der Waals surface area contributed by atoms with Crippen molar-refractivity contribution in [3.63, 3.8) is 0 Å². The van der Waals surface area contributed by atoms with Crippen LogP contribution in [-0.2, 0) is 4.74 Å². The van der Waals surface area contributed by atoms with Crippen LogP contribution in [-0.4, -0.2) is 72.8 Å². The minimum absolute atomic E-state index is 0.188. The molecule has 0 radical (unpaired) electrons. The van der Waals surface area contributed by atoms with Crippen LogP contribution in [0.1, 0.15) is 12.8 Å². The van der Waals surface area contributed by atoms with Gasteiger partial charge in [0.15, 0.2) is 0 Å². The molecule has 0 bridgehead atoms. The first-order valence-electron chi connectivity index (χ1n) is 6.15. The highest BCUT2D eigenvalue weighted by Crippen LogP contribution is 2.22. The van der Waals surface area contributed by atoms with Crippen molar-refractivity contribution < 1.29 is 14.9 Å². The Kier molecular flexibility index (Phi) is 4.55. The number of hydrogen-bond acceptors (Lipinski definition) is 5. The van der Waals surface area contributed by atoms with E-state index in [-0.39, 0.29) is 12.7 Å². The van der Waals surface area contributed by atoms with E-state index in [4.69, 9.17) is 9.84 Å². The lowest BCUT2D eigenvalue weighted by Crippen LogP contribution is -2.50. The summed E-state index contributed by atoms with van der Waals surface area (Å²) in [6.07, 6.45) is 2.12. The van der Waals surface area contributed by atoms with E-state index in [0.29, 0.717) is 12.6 Å². The Morgan fingerprint density at radius 1 is 1.50 bits per heavy atom. The van der Waals surface area contributed by atoms with Gasteiger partial charge in [0.25, 0.3) is 0 Å². The molecule has 3 unspecified atom stereocenters. The molecule has 3 N–H and O–H groups in total. The second-order valence-corrected chi connectivity index (χ2v) is 4.74. The van der Waals surface area contributed by atoms with Crippen molar-refractivity contribution in [2.45, 2.75) is 31.1 Å². The molecule has 3 atom stereocenters. The molecule has 2 rings (SSSR count). The Morgan fingerprint density at radius 2 is 2.38 bits per heavy atom. The predicted molar refractivity (Wildman–Crippen MR) is 60.3 cm³/mol. The third-order valence-corrected chi connectivity index (χ3v) is 3.42. The SMILES string of the molecule is OCC(O)CNCC1CN2CCCC2CO1. The van der Waals surface area contributed by atoms with E-state index >= 15 is 0 Å². The van der Waals surface area contributed by atoms with Crippen molar-refractivity contribution in [2.75, 3.05) is 39.4 Å². The van der Waals surface area contributed by atoms with Gasteiger partial charge < -0.3 is 20.3 Å². The largest absolute Gasteiger partial charge is 0.394 e. The fourth-order valence-corrected chi connectivity index (χ4v) is 2.48. The normalized spacial score (nSPS) is 32.6. The van der Waals surface area contributed by atoms with Crippen molar-refractivity contribution in [3.8, 4) is 0 Å². The summed E-state index contributed by atoms with van der Waals surface area (Å²) in [5.74, 6) is 0. The first kappa shape index (κ1) is 12.3. The fraction of sp³-hybridized carbons (Fsp3) is 1.00. The van der Waals surface area contributed by atoms with Gasteiger partial charge in [-0.2, -0.15) is 0 Å². The molecule has 0 aliphatic carbocycles. The topological polar surface area (TPSA) is 65.0 Å². The third-order valence-electron chi connectivity index (χ3n) is 3.42. The van der Waals surface area contributed by atoms with Crippen molar-refractivity contribution in [1.29, 1.82) is 0 Å². The molecule has 2 aliphatic rings. The first-order valence-corrected chi connectivity index (χ1v) is 6.15. The summed E-state index contributed by atoms with van der Waals surface area (Å²) in [5, 5.41) is 21.0. The maximum atomic E-state index is 9.17. The van der Waals surface area contributed by atoms with E-state index in [1.165, 1.54) is 19.4 Å². The maximum absolute atomic E-state index is 9.17. The van der Waals surface area contributed by atoms with Crippen LogP contribution in [0.2, 0.25) is 0 Å². The number of ether oxygens (including phenoxy) is 1. The van der Waals surface area contributed by atoms with Crippen LogP contribution < -0.4 is 5.32 Å². The second-order valence-electron chi connectivity index (χ2n) is 4.74. The summed E-state index contributed by atoms with van der Waals surface area (Å²) in [6, 6.07) is 0.638. The molecular formula is C11H22N2O3. The highest BCUT2D eigenvalue weighted by atomic mass is 16.5. The lowest BCUT2D eigenvalue weighted by atomic mass is 10.2. The van der Waals surface area contributed by atoms with Gasteiger partial charge in [0.1, 0.15) is 0 Å². The number of morpholine rings is 1. The zero-order valence-corrected chi connectivity index (χ0v) is 9.64. The molecule has 0 amide bonds. The van der Waals surface area contributed by atoms with Crippen LogP contribution in [0.3, 0.4) is 0 Å². The van der Waals surface area contributed by atoms with E-state index in [1.807, 2.05) is 0 Å². The van der Waals surface area contributed by atoms with Gasteiger partial charge in [-0.1, -0.05) is 0 Å². The summed E-state index contributed by atoms with van der Waals surface area (Å²) in [7, 11) is 0. The Bertz CT molecular complexity index is 215. The predicted octanol–water partition coefficient (Wildman–Crippen LogP) is -1.21. The molecule has 94 valence electrons. The molecule has 2 saturated heterocycles. The summed E-state index contributed by atoms with van der Waals surface area (Å²) >= 11 is 0. The molecule has 2 fully saturated rings. The Balaban J connectivity index is 1.63. The van der Waals surface area contributed by atoms with Crippen LogP contribution in [0.4, 0.5) is 0 Å². The van der Waals surface area contributed by atoms with Crippen molar-refractivity contribution in [2.24, 2.45) is 0 Å². The number of rotatable bonds is 5. The zero-order valence-electron chi connectivity index (χ0n) is 9.64. The molecule has 2 aliphatic heterocycles. The number of nitrogens with zero attached hydrogens (tertiary/aromatic N) is 1. The van der Waals surface area contributed by atoms with Gasteiger partial charge >= 0.3 is 0 Å². The minimum Gasteiger partial charge on any atom is -0.394 e. The van der Waals surface area contributed by atoms with Crippen molar-refractivity contribution in [3.05, 3.63) is 0 Å². The number of fused-ring (bicyclic) bond motifs is 1. The number of nitrogens with one attached hydrogen (secondary N) is 1. The summed E-state index contributed by atoms with van der Waals surface area (Å²) in [5.41, 5.74) is 0. The number of hydrogen-bond donors (Lipinski definition) is 3. The highest BCUT2D eigenvalue weighted by molar-refractivity contribution is 4.85. The lowest BCUT2D eigenvalue weighted by Gasteiger charge is -2.35.